The van der Waals surface area contributed by atoms with Crippen molar-refractivity contribution in [2.24, 2.45) is 0 Å². The fourth-order valence-corrected chi connectivity index (χ4v) is 3.15. The highest BCUT2D eigenvalue weighted by Gasteiger charge is 2.16. The van der Waals surface area contributed by atoms with Crippen LogP contribution in [0.25, 0.3) is 0 Å². The second-order valence-corrected chi connectivity index (χ2v) is 8.07. The van der Waals surface area contributed by atoms with Crippen LogP contribution < -0.4 is 10.1 Å². The SMILES string of the molecule is Cc1ccc(OCCN(C)CC(=O)Nc2c(C(C)C)cccc2C(C)C)cc1. The number of nitrogens with one attached hydrogen (secondary N) is 1. The number of benzene rings is 2. The molecule has 0 radical (unpaired) electrons. The lowest BCUT2D eigenvalue weighted by atomic mass is 9.92. The molecule has 1 N–H and O–H groups in total. The molecule has 2 aromatic carbocycles. The predicted molar refractivity (Wildman–Crippen MR) is 117 cm³/mol. The molecule has 0 atom stereocenters. The van der Waals surface area contributed by atoms with Crippen LogP contribution in [0.4, 0.5) is 5.69 Å². The van der Waals surface area contributed by atoms with Gasteiger partial charge in [-0.25, -0.2) is 0 Å². The summed E-state index contributed by atoms with van der Waals surface area (Å²) in [6, 6.07) is 14.3. The fourth-order valence-electron chi connectivity index (χ4n) is 3.15. The van der Waals surface area contributed by atoms with Crippen molar-refractivity contribution in [3.05, 3.63) is 59.2 Å². The topological polar surface area (TPSA) is 41.6 Å². The van der Waals surface area contributed by atoms with Gasteiger partial charge in [0.15, 0.2) is 0 Å². The minimum absolute atomic E-state index is 0.00726. The van der Waals surface area contributed by atoms with Gasteiger partial charge in [0, 0.05) is 12.2 Å². The molecule has 0 aromatic heterocycles. The first-order valence-electron chi connectivity index (χ1n) is 10.1. The van der Waals surface area contributed by atoms with E-state index in [1.54, 1.807) is 0 Å². The molecule has 0 aliphatic rings. The Morgan fingerprint density at radius 1 is 1.00 bits per heavy atom. The van der Waals surface area contributed by atoms with Crippen LogP contribution in [0.3, 0.4) is 0 Å². The Morgan fingerprint density at radius 3 is 2.11 bits per heavy atom. The van der Waals surface area contributed by atoms with E-state index in [1.807, 2.05) is 36.2 Å². The van der Waals surface area contributed by atoms with Gasteiger partial charge >= 0.3 is 0 Å². The van der Waals surface area contributed by atoms with Crippen molar-refractivity contribution in [2.45, 2.75) is 46.5 Å². The van der Waals surface area contributed by atoms with Crippen LogP contribution in [0.2, 0.25) is 0 Å². The Labute approximate surface area is 169 Å². The highest BCUT2D eigenvalue weighted by molar-refractivity contribution is 5.94. The normalized spacial score (nSPS) is 11.3. The molecule has 0 spiro atoms. The van der Waals surface area contributed by atoms with E-state index in [-0.39, 0.29) is 5.91 Å². The number of amides is 1. The number of anilines is 1. The number of nitrogens with zero attached hydrogens (tertiary/aromatic N) is 1. The summed E-state index contributed by atoms with van der Waals surface area (Å²) < 4.78 is 5.76. The fraction of sp³-hybridized carbons (Fsp3) is 0.458. The van der Waals surface area contributed by atoms with Crippen molar-refractivity contribution in [3.8, 4) is 5.75 Å². The number of carbonyl (C=O) groups excluding carboxylic acids is 1. The molecular formula is C24H34N2O2. The second kappa shape index (κ2) is 10.3. The van der Waals surface area contributed by atoms with Crippen LogP contribution in [0.15, 0.2) is 42.5 Å². The highest BCUT2D eigenvalue weighted by atomic mass is 16.5. The third kappa shape index (κ3) is 6.38. The van der Waals surface area contributed by atoms with Gasteiger partial charge in [0.1, 0.15) is 12.4 Å². The number of rotatable bonds is 9. The lowest BCUT2D eigenvalue weighted by Gasteiger charge is -2.22. The zero-order valence-electron chi connectivity index (χ0n) is 18.1. The maximum atomic E-state index is 12.6. The highest BCUT2D eigenvalue weighted by Crippen LogP contribution is 2.32. The van der Waals surface area contributed by atoms with Crippen molar-refractivity contribution in [2.75, 3.05) is 32.1 Å². The molecule has 2 rings (SSSR count). The van der Waals surface area contributed by atoms with E-state index in [4.69, 9.17) is 4.74 Å². The van der Waals surface area contributed by atoms with Gasteiger partial charge < -0.3 is 10.1 Å². The second-order valence-electron chi connectivity index (χ2n) is 8.07. The van der Waals surface area contributed by atoms with E-state index >= 15 is 0 Å². The molecule has 2 aromatic rings. The smallest absolute Gasteiger partial charge is 0.238 e. The van der Waals surface area contributed by atoms with Crippen LogP contribution in [0, 0.1) is 6.92 Å². The Morgan fingerprint density at radius 2 is 1.57 bits per heavy atom. The zero-order chi connectivity index (χ0) is 20.7. The third-order valence-corrected chi connectivity index (χ3v) is 4.81. The molecule has 0 saturated heterocycles. The van der Waals surface area contributed by atoms with Crippen LogP contribution in [-0.4, -0.2) is 37.6 Å². The predicted octanol–water partition coefficient (Wildman–Crippen LogP) is 5.19. The van der Waals surface area contributed by atoms with Gasteiger partial charge in [0.05, 0.1) is 6.54 Å². The Balaban J connectivity index is 1.91. The minimum atomic E-state index is 0.00726. The Bertz CT molecular complexity index is 740. The Kier molecular flexibility index (Phi) is 8.06. The van der Waals surface area contributed by atoms with E-state index in [0.29, 0.717) is 31.5 Å². The molecular weight excluding hydrogens is 348 g/mol. The van der Waals surface area contributed by atoms with Crippen LogP contribution >= 0.6 is 0 Å². The first-order valence-corrected chi connectivity index (χ1v) is 10.1. The summed E-state index contributed by atoms with van der Waals surface area (Å²) in [5, 5.41) is 3.17. The van der Waals surface area contributed by atoms with Gasteiger partial charge in [-0.2, -0.15) is 0 Å². The summed E-state index contributed by atoms with van der Waals surface area (Å²) in [7, 11) is 1.94. The average Bonchev–Trinajstić information content (AvgIpc) is 2.63. The molecule has 0 bridgehead atoms. The van der Waals surface area contributed by atoms with Crippen molar-refractivity contribution >= 4 is 11.6 Å². The number of aryl methyl sites for hydroxylation is 1. The summed E-state index contributed by atoms with van der Waals surface area (Å²) in [4.78, 5) is 14.6. The molecule has 0 unspecified atom stereocenters. The number of para-hydroxylation sites is 1. The first kappa shape index (κ1) is 22.0. The molecule has 1 amide bonds. The molecule has 4 nitrogen and oxygen atoms in total. The summed E-state index contributed by atoms with van der Waals surface area (Å²) in [6.45, 7) is 12.2. The molecule has 28 heavy (non-hydrogen) atoms. The van der Waals surface area contributed by atoms with Crippen LogP contribution in [0.5, 0.6) is 5.75 Å². The number of hydrogen-bond donors (Lipinski definition) is 1. The summed E-state index contributed by atoms with van der Waals surface area (Å²) in [5.74, 6) is 1.58. The summed E-state index contributed by atoms with van der Waals surface area (Å²) in [5.41, 5.74) is 4.56. The van der Waals surface area contributed by atoms with Gasteiger partial charge in [0.2, 0.25) is 5.91 Å². The van der Waals surface area contributed by atoms with Gasteiger partial charge in [-0.15, -0.1) is 0 Å². The third-order valence-electron chi connectivity index (χ3n) is 4.81. The maximum Gasteiger partial charge on any atom is 0.238 e. The van der Waals surface area contributed by atoms with Crippen LogP contribution in [0.1, 0.15) is 56.2 Å². The van der Waals surface area contributed by atoms with Crippen molar-refractivity contribution in [1.29, 1.82) is 0 Å². The molecule has 0 fully saturated rings. The molecule has 0 saturated carbocycles. The van der Waals surface area contributed by atoms with Gasteiger partial charge in [-0.3, -0.25) is 9.69 Å². The van der Waals surface area contributed by atoms with E-state index in [9.17, 15) is 4.79 Å². The van der Waals surface area contributed by atoms with Crippen molar-refractivity contribution < 1.29 is 9.53 Å². The average molecular weight is 383 g/mol. The quantitative estimate of drug-likeness (QED) is 0.649. The van der Waals surface area contributed by atoms with E-state index in [0.717, 1.165) is 11.4 Å². The van der Waals surface area contributed by atoms with Crippen molar-refractivity contribution in [3.63, 3.8) is 0 Å². The molecule has 0 aliphatic carbocycles. The maximum absolute atomic E-state index is 12.6. The number of carbonyl (C=O) groups is 1. The largest absolute Gasteiger partial charge is 0.492 e. The lowest BCUT2D eigenvalue weighted by Crippen LogP contribution is -2.33. The van der Waals surface area contributed by atoms with Gasteiger partial charge in [-0.05, 0) is 49.1 Å². The van der Waals surface area contributed by atoms with Gasteiger partial charge in [0.25, 0.3) is 0 Å². The van der Waals surface area contributed by atoms with E-state index in [1.165, 1.54) is 16.7 Å². The van der Waals surface area contributed by atoms with Crippen LogP contribution in [-0.2, 0) is 4.79 Å². The van der Waals surface area contributed by atoms with Crippen molar-refractivity contribution in [1.82, 2.24) is 4.90 Å². The number of ether oxygens (including phenoxy) is 1. The standard InChI is InChI=1S/C24H34N2O2/c1-17(2)21-8-7-9-22(18(3)4)24(21)25-23(27)16-26(6)14-15-28-20-12-10-19(5)11-13-20/h7-13,17-18H,14-16H2,1-6H3,(H,25,27). The lowest BCUT2D eigenvalue weighted by molar-refractivity contribution is -0.117. The summed E-state index contributed by atoms with van der Waals surface area (Å²) >= 11 is 0. The monoisotopic (exact) mass is 382 g/mol. The molecule has 0 heterocycles. The number of likely N-dealkylation sites (N-methyl/N-ethyl adjacent to an activating group) is 1. The molecule has 4 heteroatoms. The minimum Gasteiger partial charge on any atom is -0.492 e. The molecule has 152 valence electrons. The zero-order valence-corrected chi connectivity index (χ0v) is 18.1. The van der Waals surface area contributed by atoms with E-state index < -0.39 is 0 Å². The molecule has 0 aliphatic heterocycles. The Hall–Kier alpha value is -2.33. The summed E-state index contributed by atoms with van der Waals surface area (Å²) in [6.07, 6.45) is 0. The first-order chi connectivity index (χ1) is 13.3. The van der Waals surface area contributed by atoms with Gasteiger partial charge in [-0.1, -0.05) is 63.6 Å². The number of hydrogen-bond acceptors (Lipinski definition) is 3. The van der Waals surface area contributed by atoms with E-state index in [2.05, 4.69) is 58.1 Å².